The highest BCUT2D eigenvalue weighted by molar-refractivity contribution is 5.98. The van der Waals surface area contributed by atoms with Crippen molar-refractivity contribution in [1.29, 1.82) is 0 Å². The van der Waals surface area contributed by atoms with Crippen LogP contribution < -0.4 is 10.2 Å². The summed E-state index contributed by atoms with van der Waals surface area (Å²) in [5.41, 5.74) is -0.475. The monoisotopic (exact) mass is 282 g/mol. The van der Waals surface area contributed by atoms with Crippen LogP contribution in [0.15, 0.2) is 30.3 Å². The minimum Gasteiger partial charge on any atom is -0.317 e. The third-order valence-corrected chi connectivity index (χ3v) is 3.87. The van der Waals surface area contributed by atoms with Gasteiger partial charge in [0.25, 0.3) is 0 Å². The Balaban J connectivity index is 1.94. The molecule has 108 valence electrons. The normalized spacial score (nSPS) is 24.9. The number of carbonyl (C=O) groups excluding carboxylic acids is 1. The van der Waals surface area contributed by atoms with Crippen LogP contribution >= 0.6 is 0 Å². The molecule has 1 aromatic carbocycles. The molecule has 0 aromatic heterocycles. The van der Waals surface area contributed by atoms with E-state index in [4.69, 9.17) is 4.74 Å². The van der Waals surface area contributed by atoms with Crippen molar-refractivity contribution in [2.24, 2.45) is 0 Å². The van der Waals surface area contributed by atoms with Gasteiger partial charge in [-0.15, -0.1) is 0 Å². The quantitative estimate of drug-likeness (QED) is 0.853. The molecule has 1 spiro atoms. The molecule has 2 heterocycles. The van der Waals surface area contributed by atoms with Crippen molar-refractivity contribution >= 4 is 11.6 Å². The van der Waals surface area contributed by atoms with E-state index >= 15 is 0 Å². The Morgan fingerprint density at radius 3 is 2.45 bits per heavy atom. The minimum atomic E-state index is -3.76. The summed E-state index contributed by atoms with van der Waals surface area (Å²) in [6.07, 6.45) is -2.82. The molecule has 0 aliphatic carbocycles. The summed E-state index contributed by atoms with van der Waals surface area (Å²) in [5, 5.41) is 3.12. The van der Waals surface area contributed by atoms with E-state index in [1.54, 1.807) is 30.3 Å². The summed E-state index contributed by atoms with van der Waals surface area (Å²) in [7, 11) is 0. The Bertz CT molecular complexity index is 501. The van der Waals surface area contributed by atoms with E-state index in [-0.39, 0.29) is 6.54 Å². The molecule has 0 unspecified atom stereocenters. The molecule has 1 amide bonds. The maximum Gasteiger partial charge on any atom is 0.437 e. The topological polar surface area (TPSA) is 41.6 Å². The van der Waals surface area contributed by atoms with Gasteiger partial charge in [-0.3, -0.25) is 4.79 Å². The summed E-state index contributed by atoms with van der Waals surface area (Å²) in [4.78, 5) is 13.1. The van der Waals surface area contributed by atoms with Gasteiger partial charge in [0, 0.05) is 5.69 Å². The number of anilines is 1. The molecule has 2 aliphatic heterocycles. The molecular weight excluding hydrogens is 266 g/mol. The largest absolute Gasteiger partial charge is 0.437 e. The lowest BCUT2D eigenvalue weighted by atomic mass is 9.89. The fourth-order valence-electron chi connectivity index (χ4n) is 2.82. The summed E-state index contributed by atoms with van der Waals surface area (Å²) >= 11 is 0. The van der Waals surface area contributed by atoms with Crippen molar-refractivity contribution in [3.8, 4) is 0 Å². The molecular formula is C14H16F2N2O2. The molecule has 6 heteroatoms. The highest BCUT2D eigenvalue weighted by atomic mass is 19.3. The van der Waals surface area contributed by atoms with E-state index in [2.05, 4.69) is 5.32 Å². The number of halogens is 2. The van der Waals surface area contributed by atoms with Gasteiger partial charge in [0.05, 0.1) is 12.1 Å². The number of hydrogen-bond donors (Lipinski definition) is 1. The number of hydrogen-bond acceptors (Lipinski definition) is 3. The van der Waals surface area contributed by atoms with Crippen LogP contribution in [-0.2, 0) is 9.53 Å². The fourth-order valence-corrected chi connectivity index (χ4v) is 2.82. The predicted octanol–water partition coefficient (Wildman–Crippen LogP) is 1.76. The second-order valence-corrected chi connectivity index (χ2v) is 5.28. The molecule has 0 radical (unpaired) electrons. The smallest absolute Gasteiger partial charge is 0.317 e. The van der Waals surface area contributed by atoms with Crippen molar-refractivity contribution < 1.29 is 18.3 Å². The SMILES string of the molecule is O=C1N(c2ccccc2)CC2(CCNCC2)OC1(F)F. The van der Waals surface area contributed by atoms with Gasteiger partial charge in [0.2, 0.25) is 0 Å². The number of alkyl halides is 2. The Hall–Kier alpha value is -1.53. The molecule has 0 bridgehead atoms. The Morgan fingerprint density at radius 1 is 1.15 bits per heavy atom. The number of amides is 1. The third-order valence-electron chi connectivity index (χ3n) is 3.87. The van der Waals surface area contributed by atoms with Crippen LogP contribution in [-0.4, -0.2) is 37.3 Å². The molecule has 2 fully saturated rings. The number of benzene rings is 1. The fraction of sp³-hybridized carbons (Fsp3) is 0.500. The molecule has 0 saturated carbocycles. The van der Waals surface area contributed by atoms with Crippen LogP contribution in [0.25, 0.3) is 0 Å². The third kappa shape index (κ3) is 2.29. The molecule has 4 nitrogen and oxygen atoms in total. The summed E-state index contributed by atoms with van der Waals surface area (Å²) in [5.74, 6) is -1.28. The lowest BCUT2D eigenvalue weighted by molar-refractivity contribution is -0.290. The molecule has 1 N–H and O–H groups in total. The van der Waals surface area contributed by atoms with Crippen LogP contribution in [0.4, 0.5) is 14.5 Å². The first-order chi connectivity index (χ1) is 9.53. The highest BCUT2D eigenvalue weighted by Crippen LogP contribution is 2.39. The van der Waals surface area contributed by atoms with Crippen LogP contribution in [0.3, 0.4) is 0 Å². The Kier molecular flexibility index (Phi) is 3.22. The van der Waals surface area contributed by atoms with Gasteiger partial charge in [-0.25, -0.2) is 0 Å². The highest BCUT2D eigenvalue weighted by Gasteiger charge is 2.56. The zero-order valence-corrected chi connectivity index (χ0v) is 10.9. The van der Waals surface area contributed by atoms with Crippen molar-refractivity contribution in [3.05, 3.63) is 30.3 Å². The summed E-state index contributed by atoms with van der Waals surface area (Å²) in [6, 6.07) is 8.56. The number of rotatable bonds is 1. The van der Waals surface area contributed by atoms with E-state index in [1.165, 1.54) is 0 Å². The number of nitrogens with zero attached hydrogens (tertiary/aromatic N) is 1. The predicted molar refractivity (Wildman–Crippen MR) is 69.7 cm³/mol. The van der Waals surface area contributed by atoms with Gasteiger partial charge in [-0.05, 0) is 38.1 Å². The second kappa shape index (κ2) is 4.79. The molecule has 2 aliphatic rings. The van der Waals surface area contributed by atoms with Crippen molar-refractivity contribution in [1.82, 2.24) is 5.32 Å². The van der Waals surface area contributed by atoms with Crippen molar-refractivity contribution in [3.63, 3.8) is 0 Å². The van der Waals surface area contributed by atoms with E-state index in [9.17, 15) is 13.6 Å². The van der Waals surface area contributed by atoms with Crippen molar-refractivity contribution in [2.75, 3.05) is 24.5 Å². The number of carbonyl (C=O) groups is 1. The maximum atomic E-state index is 13.9. The first-order valence-electron chi connectivity index (χ1n) is 6.68. The number of para-hydroxylation sites is 1. The number of morpholine rings is 1. The number of nitrogens with one attached hydrogen (secondary N) is 1. The first kappa shape index (κ1) is 13.5. The second-order valence-electron chi connectivity index (χ2n) is 5.28. The summed E-state index contributed by atoms with van der Waals surface area (Å²) in [6.45, 7) is 1.41. The molecule has 3 rings (SSSR count). The van der Waals surface area contributed by atoms with E-state index in [1.807, 2.05) is 0 Å². The molecule has 1 aromatic rings. The zero-order valence-electron chi connectivity index (χ0n) is 10.9. The van der Waals surface area contributed by atoms with Gasteiger partial charge < -0.3 is 15.0 Å². The van der Waals surface area contributed by atoms with Gasteiger partial charge in [0.1, 0.15) is 0 Å². The van der Waals surface area contributed by atoms with E-state index in [0.717, 1.165) is 4.90 Å². The van der Waals surface area contributed by atoms with Crippen molar-refractivity contribution in [2.45, 2.75) is 24.6 Å². The van der Waals surface area contributed by atoms with Gasteiger partial charge in [-0.2, -0.15) is 8.78 Å². The average molecular weight is 282 g/mol. The Morgan fingerprint density at radius 2 is 1.80 bits per heavy atom. The first-order valence-corrected chi connectivity index (χ1v) is 6.68. The van der Waals surface area contributed by atoms with Crippen LogP contribution in [0.1, 0.15) is 12.8 Å². The van der Waals surface area contributed by atoms with Crippen LogP contribution in [0.2, 0.25) is 0 Å². The summed E-state index contributed by atoms with van der Waals surface area (Å²) < 4.78 is 32.8. The minimum absolute atomic E-state index is 0.174. The lowest BCUT2D eigenvalue weighted by Gasteiger charge is -2.47. The number of piperidine rings is 1. The average Bonchev–Trinajstić information content (AvgIpc) is 2.44. The number of ether oxygens (including phenoxy) is 1. The Labute approximate surface area is 115 Å². The van der Waals surface area contributed by atoms with E-state index in [0.29, 0.717) is 31.6 Å². The van der Waals surface area contributed by atoms with Gasteiger partial charge in [0.15, 0.2) is 0 Å². The zero-order chi connectivity index (χ0) is 14.2. The maximum absolute atomic E-state index is 13.9. The van der Waals surface area contributed by atoms with Gasteiger partial charge >= 0.3 is 12.0 Å². The molecule has 2 saturated heterocycles. The standard InChI is InChI=1S/C14H16F2N2O2/c15-14(16)12(19)18(11-4-2-1-3-5-11)10-13(20-14)6-8-17-9-7-13/h1-5,17H,6-10H2. The van der Waals surface area contributed by atoms with E-state index < -0.39 is 17.6 Å². The molecule has 0 atom stereocenters. The molecule has 20 heavy (non-hydrogen) atoms. The van der Waals surface area contributed by atoms with Crippen LogP contribution in [0.5, 0.6) is 0 Å². The van der Waals surface area contributed by atoms with Crippen LogP contribution in [0, 0.1) is 0 Å². The lowest BCUT2D eigenvalue weighted by Crippen LogP contribution is -2.64. The van der Waals surface area contributed by atoms with Gasteiger partial charge in [-0.1, -0.05) is 18.2 Å².